The van der Waals surface area contributed by atoms with Crippen molar-refractivity contribution in [2.24, 2.45) is 0 Å². The van der Waals surface area contributed by atoms with Gasteiger partial charge in [0, 0.05) is 11.8 Å². The van der Waals surface area contributed by atoms with Crippen molar-refractivity contribution in [1.29, 1.82) is 0 Å². The minimum absolute atomic E-state index is 0.0127. The van der Waals surface area contributed by atoms with Crippen LogP contribution in [0.1, 0.15) is 5.56 Å². The van der Waals surface area contributed by atoms with Crippen molar-refractivity contribution < 1.29 is 17.5 Å². The van der Waals surface area contributed by atoms with E-state index in [1.54, 1.807) is 24.4 Å². The van der Waals surface area contributed by atoms with Gasteiger partial charge in [0.25, 0.3) is 10.1 Å². The summed E-state index contributed by atoms with van der Waals surface area (Å²) in [5, 5.41) is 9.63. The number of H-pyrrole nitrogens is 1. The lowest BCUT2D eigenvalue weighted by Gasteiger charge is -2.07. The molecular weight excluding hydrogens is 253 g/mol. The Balaban J connectivity index is 2.20. The van der Waals surface area contributed by atoms with E-state index >= 15 is 0 Å². The van der Waals surface area contributed by atoms with Gasteiger partial charge in [0.1, 0.15) is 0 Å². The molecule has 2 rings (SSSR count). The van der Waals surface area contributed by atoms with E-state index in [1.165, 1.54) is 18.2 Å². The van der Waals surface area contributed by atoms with Gasteiger partial charge in [-0.25, -0.2) is 0 Å². The fourth-order valence-electron chi connectivity index (χ4n) is 1.43. The zero-order valence-corrected chi connectivity index (χ0v) is 10.5. The Morgan fingerprint density at radius 3 is 2.44 bits per heavy atom. The topological polar surface area (TPSA) is 79.4 Å². The average Bonchev–Trinajstić information content (AvgIpc) is 2.82. The predicted molar refractivity (Wildman–Crippen MR) is 67.8 cm³/mol. The van der Waals surface area contributed by atoms with E-state index in [0.717, 1.165) is 5.56 Å². The Bertz CT molecular complexity index is 607. The maximum absolute atomic E-state index is 11.9. The van der Waals surface area contributed by atoms with Crippen LogP contribution in [0.15, 0.2) is 47.5 Å². The third kappa shape index (κ3) is 2.81. The summed E-state index contributed by atoms with van der Waals surface area (Å²) in [6.45, 7) is 1.85. The highest BCUT2D eigenvalue weighted by molar-refractivity contribution is 7.87. The quantitative estimate of drug-likeness (QED) is 0.785. The van der Waals surface area contributed by atoms with Crippen LogP contribution in [0.25, 0.3) is 0 Å². The van der Waals surface area contributed by atoms with Crippen molar-refractivity contribution in [1.82, 2.24) is 4.98 Å². The molecule has 2 N–H and O–H groups in total. The van der Waals surface area contributed by atoms with Gasteiger partial charge in [0.2, 0.25) is 0 Å². The Hall–Kier alpha value is -1.57. The second-order valence-corrected chi connectivity index (χ2v) is 5.41. The lowest BCUT2D eigenvalue weighted by Crippen LogP contribution is -2.36. The molecule has 0 spiro atoms. The van der Waals surface area contributed by atoms with Crippen molar-refractivity contribution in [2.45, 2.75) is 11.8 Å². The van der Waals surface area contributed by atoms with Crippen LogP contribution in [0.5, 0.6) is 0 Å². The van der Waals surface area contributed by atoms with Gasteiger partial charge in [-0.1, -0.05) is 17.7 Å². The van der Waals surface area contributed by atoms with Crippen LogP contribution in [0.2, 0.25) is 0 Å². The Morgan fingerprint density at radius 2 is 1.89 bits per heavy atom. The summed E-state index contributed by atoms with van der Waals surface area (Å²) in [7, 11) is -5.51. The maximum atomic E-state index is 11.9. The molecule has 0 saturated carbocycles. The fraction of sp³-hybridized carbons (Fsp3) is 0.0909. The largest absolute Gasteiger partial charge is 0.523 e. The smallest absolute Gasteiger partial charge is 0.421 e. The Kier molecular flexibility index (Phi) is 3.56. The molecular formula is C11H12BNO4S. The molecule has 2 aromatic rings. The van der Waals surface area contributed by atoms with Crippen LogP contribution in [-0.4, -0.2) is 25.5 Å². The Labute approximate surface area is 106 Å². The number of rotatable bonds is 4. The average molecular weight is 265 g/mol. The highest BCUT2D eigenvalue weighted by Crippen LogP contribution is 2.13. The first-order valence-electron chi connectivity index (χ1n) is 5.30. The molecule has 94 valence electrons. The van der Waals surface area contributed by atoms with Gasteiger partial charge in [-0.15, -0.1) is 0 Å². The standard InChI is InChI=1S/C11H12BNO4S/c1-9-4-6-10(7-5-9)18(15,16)17-12(14)11-3-2-8-13-11/h2-8,13-14H,1H3. The van der Waals surface area contributed by atoms with Crippen molar-refractivity contribution in [2.75, 3.05) is 0 Å². The summed E-state index contributed by atoms with van der Waals surface area (Å²) in [5.41, 5.74) is 1.23. The van der Waals surface area contributed by atoms with E-state index in [9.17, 15) is 13.4 Å². The molecule has 0 aliphatic carbocycles. The third-order valence-electron chi connectivity index (χ3n) is 2.42. The van der Waals surface area contributed by atoms with Gasteiger partial charge < -0.3 is 10.0 Å². The molecule has 0 amide bonds. The second-order valence-electron chi connectivity index (χ2n) is 3.84. The fourth-order valence-corrected chi connectivity index (χ4v) is 2.35. The summed E-state index contributed by atoms with van der Waals surface area (Å²) < 4.78 is 28.4. The molecule has 0 atom stereocenters. The predicted octanol–water partition coefficient (Wildman–Crippen LogP) is 0.416. The minimum Gasteiger partial charge on any atom is -0.421 e. The molecule has 0 unspecified atom stereocenters. The molecule has 1 aromatic heterocycles. The number of aryl methyl sites for hydroxylation is 1. The molecule has 1 aromatic carbocycles. The number of aromatic nitrogens is 1. The van der Waals surface area contributed by atoms with E-state index < -0.39 is 17.2 Å². The lowest BCUT2D eigenvalue weighted by molar-refractivity contribution is 0.418. The number of hydrogen-bond acceptors (Lipinski definition) is 4. The first-order chi connectivity index (χ1) is 8.49. The number of hydrogen-bond donors (Lipinski definition) is 2. The highest BCUT2D eigenvalue weighted by atomic mass is 32.2. The van der Waals surface area contributed by atoms with Gasteiger partial charge in [-0.2, -0.15) is 8.42 Å². The van der Waals surface area contributed by atoms with Crippen LogP contribution in [-0.2, 0) is 14.2 Å². The van der Waals surface area contributed by atoms with E-state index in [4.69, 9.17) is 4.10 Å². The number of aromatic amines is 1. The van der Waals surface area contributed by atoms with E-state index in [0.29, 0.717) is 0 Å². The van der Waals surface area contributed by atoms with Gasteiger partial charge in [0.15, 0.2) is 0 Å². The summed E-state index contributed by atoms with van der Waals surface area (Å²) in [6, 6.07) is 9.38. The molecule has 5 nitrogen and oxygen atoms in total. The summed E-state index contributed by atoms with van der Waals surface area (Å²) >= 11 is 0. The molecule has 0 fully saturated rings. The van der Waals surface area contributed by atoms with Crippen molar-refractivity contribution >= 4 is 22.8 Å². The highest BCUT2D eigenvalue weighted by Gasteiger charge is 2.26. The third-order valence-corrected chi connectivity index (χ3v) is 3.70. The second kappa shape index (κ2) is 4.97. The van der Waals surface area contributed by atoms with E-state index in [-0.39, 0.29) is 10.5 Å². The maximum Gasteiger partial charge on any atom is 0.523 e. The molecule has 18 heavy (non-hydrogen) atoms. The monoisotopic (exact) mass is 265 g/mol. The molecule has 7 heteroatoms. The molecule has 0 radical (unpaired) electrons. The summed E-state index contributed by atoms with van der Waals surface area (Å²) in [5.74, 6) is 0. The van der Waals surface area contributed by atoms with E-state index in [2.05, 4.69) is 4.98 Å². The molecule has 0 bridgehead atoms. The van der Waals surface area contributed by atoms with Crippen LogP contribution in [0.4, 0.5) is 0 Å². The van der Waals surface area contributed by atoms with Gasteiger partial charge >= 0.3 is 7.12 Å². The first-order valence-corrected chi connectivity index (χ1v) is 6.71. The lowest BCUT2D eigenvalue weighted by atomic mass is 9.87. The molecule has 0 aliphatic heterocycles. The van der Waals surface area contributed by atoms with Gasteiger partial charge in [0.05, 0.1) is 4.90 Å². The van der Waals surface area contributed by atoms with Crippen molar-refractivity contribution in [3.63, 3.8) is 0 Å². The zero-order chi connectivity index (χ0) is 13.2. The SMILES string of the molecule is Cc1ccc(S(=O)(=O)OB(O)c2ccc[nH]2)cc1. The minimum atomic E-state index is -3.97. The van der Waals surface area contributed by atoms with Crippen LogP contribution in [0, 0.1) is 6.92 Å². The van der Waals surface area contributed by atoms with Gasteiger partial charge in [-0.3, -0.25) is 4.10 Å². The van der Waals surface area contributed by atoms with Crippen LogP contribution < -0.4 is 5.59 Å². The first kappa shape index (κ1) is 12.9. The number of benzene rings is 1. The van der Waals surface area contributed by atoms with Crippen molar-refractivity contribution in [3.8, 4) is 0 Å². The summed E-state index contributed by atoms with van der Waals surface area (Å²) in [4.78, 5) is 2.69. The Morgan fingerprint density at radius 1 is 1.22 bits per heavy atom. The van der Waals surface area contributed by atoms with Gasteiger partial charge in [-0.05, 0) is 31.2 Å². The van der Waals surface area contributed by atoms with Crippen molar-refractivity contribution in [3.05, 3.63) is 48.2 Å². The molecule has 0 aliphatic rings. The summed E-state index contributed by atoms with van der Waals surface area (Å²) in [6.07, 6.45) is 1.57. The molecule has 1 heterocycles. The zero-order valence-electron chi connectivity index (χ0n) is 9.70. The van der Waals surface area contributed by atoms with Crippen LogP contribution in [0.3, 0.4) is 0 Å². The van der Waals surface area contributed by atoms with E-state index in [1.807, 2.05) is 6.92 Å². The normalized spacial score (nSPS) is 11.4. The van der Waals surface area contributed by atoms with Crippen LogP contribution >= 0.6 is 0 Å². The molecule has 0 saturated heterocycles. The number of nitrogens with one attached hydrogen (secondary N) is 1.